The number of nitrogens with two attached hydrogens (primary N) is 1. The van der Waals surface area contributed by atoms with Crippen LogP contribution in [0.25, 0.3) is 38.7 Å². The molecule has 0 atom stereocenters. The van der Waals surface area contributed by atoms with E-state index in [0.717, 1.165) is 44.0 Å². The summed E-state index contributed by atoms with van der Waals surface area (Å²) in [5.41, 5.74) is 12.9. The Morgan fingerprint density at radius 1 is 0.930 bits per heavy atom. The largest absolute Gasteiger partial charge is 0.497 e. The lowest BCUT2D eigenvalue weighted by Gasteiger charge is -2.10. The van der Waals surface area contributed by atoms with Crippen LogP contribution in [-0.2, 0) is 0 Å². The van der Waals surface area contributed by atoms with E-state index in [1.54, 1.807) is 54.9 Å². The highest BCUT2D eigenvalue weighted by atomic mass is 32.1. The summed E-state index contributed by atoms with van der Waals surface area (Å²) in [5.74, 6) is 0.316. The van der Waals surface area contributed by atoms with E-state index in [9.17, 15) is 9.59 Å². The molecule has 0 saturated carbocycles. The summed E-state index contributed by atoms with van der Waals surface area (Å²) in [6.07, 6.45) is 3.35. The highest BCUT2D eigenvalue weighted by Crippen LogP contribution is 2.42. The van der Waals surface area contributed by atoms with Gasteiger partial charge in [0.05, 0.1) is 18.5 Å². The van der Waals surface area contributed by atoms with Crippen molar-refractivity contribution >= 4 is 62.0 Å². The fourth-order valence-electron chi connectivity index (χ4n) is 4.79. The first-order valence-electron chi connectivity index (χ1n) is 13.5. The molecular weight excluding hydrogens is 575 g/mol. The molecule has 0 saturated heterocycles. The van der Waals surface area contributed by atoms with Gasteiger partial charge in [-0.05, 0) is 96.2 Å². The Balaban J connectivity index is 1.32. The van der Waals surface area contributed by atoms with Gasteiger partial charge in [0.15, 0.2) is 5.78 Å². The number of nitrogen functional groups attached to an aromatic ring is 1. The van der Waals surface area contributed by atoms with Crippen molar-refractivity contribution in [2.75, 3.05) is 18.2 Å². The topological polar surface area (TPSA) is 94.3 Å². The third kappa shape index (κ3) is 5.97. The molecule has 6 aromatic rings. The number of carbonyl (C=O) groups excluding carboxylic acids is 2. The maximum Gasteiger partial charge on any atom is 0.267 e. The van der Waals surface area contributed by atoms with Gasteiger partial charge in [-0.15, -0.1) is 22.7 Å². The van der Waals surface area contributed by atoms with E-state index in [-0.39, 0.29) is 11.7 Å². The zero-order valence-electron chi connectivity index (χ0n) is 23.5. The zero-order valence-corrected chi connectivity index (χ0v) is 25.1. The third-order valence-electron chi connectivity index (χ3n) is 6.99. The minimum absolute atomic E-state index is 0.109. The summed E-state index contributed by atoms with van der Waals surface area (Å²) >= 11 is 2.82. The number of benzene rings is 3. The predicted octanol–water partition coefficient (Wildman–Crippen LogP) is 8.74. The number of aromatic nitrogens is 1. The van der Waals surface area contributed by atoms with Crippen LogP contribution in [0.2, 0.25) is 0 Å². The number of nitrogens with zero attached hydrogens (tertiary/aromatic N) is 1. The minimum atomic E-state index is -0.335. The summed E-state index contributed by atoms with van der Waals surface area (Å²) in [4.78, 5) is 33.0. The number of thiophene rings is 2. The van der Waals surface area contributed by atoms with Crippen molar-refractivity contribution in [3.8, 4) is 28.1 Å². The van der Waals surface area contributed by atoms with Gasteiger partial charge in [0.25, 0.3) is 5.91 Å². The first-order chi connectivity index (χ1) is 20.9. The van der Waals surface area contributed by atoms with Crippen molar-refractivity contribution in [1.82, 2.24) is 4.98 Å². The van der Waals surface area contributed by atoms with Gasteiger partial charge in [0, 0.05) is 27.1 Å². The van der Waals surface area contributed by atoms with Crippen LogP contribution in [0.3, 0.4) is 0 Å². The number of pyridine rings is 1. The molecule has 0 aliphatic carbocycles. The van der Waals surface area contributed by atoms with Gasteiger partial charge in [0.2, 0.25) is 0 Å². The summed E-state index contributed by atoms with van der Waals surface area (Å²) in [5, 5.41) is 5.64. The number of amides is 1. The first kappa shape index (κ1) is 28.1. The van der Waals surface area contributed by atoms with Gasteiger partial charge >= 0.3 is 0 Å². The van der Waals surface area contributed by atoms with E-state index in [1.807, 2.05) is 73.0 Å². The summed E-state index contributed by atoms with van der Waals surface area (Å²) < 4.78 is 5.32. The second kappa shape index (κ2) is 12.1. The Morgan fingerprint density at radius 2 is 1.72 bits per heavy atom. The molecule has 0 spiro atoms. The van der Waals surface area contributed by atoms with Crippen molar-refractivity contribution in [3.63, 3.8) is 0 Å². The molecule has 6 rings (SSSR count). The molecular formula is C35H27N3O3S2. The number of hydrogen-bond donors (Lipinski definition) is 2. The van der Waals surface area contributed by atoms with Crippen molar-refractivity contribution in [3.05, 3.63) is 123 Å². The number of anilines is 2. The molecule has 3 aromatic carbocycles. The van der Waals surface area contributed by atoms with Gasteiger partial charge in [-0.2, -0.15) is 0 Å². The van der Waals surface area contributed by atoms with E-state index >= 15 is 0 Å². The quantitative estimate of drug-likeness (QED) is 0.134. The molecule has 6 nitrogen and oxygen atoms in total. The maximum atomic E-state index is 13.5. The molecule has 3 aromatic heterocycles. The molecule has 8 heteroatoms. The Bertz CT molecular complexity index is 1970. The number of allylic oxidation sites excluding steroid dienone is 1. The first-order valence-corrected chi connectivity index (χ1v) is 15.2. The summed E-state index contributed by atoms with van der Waals surface area (Å²) in [6, 6.07) is 28.6. The van der Waals surface area contributed by atoms with Crippen LogP contribution in [0.4, 0.5) is 11.4 Å². The van der Waals surface area contributed by atoms with Crippen LogP contribution in [0.1, 0.15) is 30.5 Å². The Kier molecular flexibility index (Phi) is 7.87. The van der Waals surface area contributed by atoms with Gasteiger partial charge < -0.3 is 15.8 Å². The lowest BCUT2D eigenvalue weighted by atomic mass is 9.98. The number of nitrogens with one attached hydrogen (secondary N) is 1. The molecule has 3 heterocycles. The van der Waals surface area contributed by atoms with Crippen LogP contribution in [-0.4, -0.2) is 23.8 Å². The number of hydrogen-bond acceptors (Lipinski definition) is 7. The number of ketones is 1. The number of carbonyl (C=O) groups is 2. The number of methoxy groups -OCH3 is 1. The minimum Gasteiger partial charge on any atom is -0.497 e. The molecule has 0 aliphatic rings. The molecule has 0 unspecified atom stereocenters. The Labute approximate surface area is 257 Å². The SMILES string of the molecule is COc1ccc(-c2cc(-c3cccc(C)c3)c3c(N)c(C(=O)Nc4ccc(C(=O)/C=C/c5cccs5)cc4)sc3n2)cc1. The molecule has 3 N–H and O–H groups in total. The number of aryl methyl sites for hydroxylation is 1. The molecule has 43 heavy (non-hydrogen) atoms. The summed E-state index contributed by atoms with van der Waals surface area (Å²) in [6.45, 7) is 2.04. The predicted molar refractivity (Wildman–Crippen MR) is 178 cm³/mol. The van der Waals surface area contributed by atoms with Crippen LogP contribution >= 0.6 is 22.7 Å². The molecule has 0 radical (unpaired) electrons. The van der Waals surface area contributed by atoms with Crippen molar-refractivity contribution in [2.45, 2.75) is 6.92 Å². The standard InChI is InChI=1S/C35H27N3O3S2/c1-21-5-3-6-24(19-21)28-20-29(22-10-14-26(41-2)15-11-22)38-35-31(28)32(36)33(43-35)34(40)37-25-12-8-23(9-13-25)30(39)17-16-27-7-4-18-42-27/h3-20H,36H2,1-2H3,(H,37,40)/b17-16+. The van der Waals surface area contributed by atoms with Crippen molar-refractivity contribution in [1.29, 1.82) is 0 Å². The van der Waals surface area contributed by atoms with E-state index in [1.165, 1.54) is 11.3 Å². The molecule has 0 fully saturated rings. The second-order valence-corrected chi connectivity index (χ2v) is 11.9. The maximum absolute atomic E-state index is 13.5. The van der Waals surface area contributed by atoms with Crippen molar-refractivity contribution in [2.24, 2.45) is 0 Å². The number of rotatable bonds is 8. The summed E-state index contributed by atoms with van der Waals surface area (Å²) in [7, 11) is 1.63. The van der Waals surface area contributed by atoms with E-state index in [0.29, 0.717) is 26.6 Å². The van der Waals surface area contributed by atoms with Gasteiger partial charge in [-0.3, -0.25) is 9.59 Å². The van der Waals surface area contributed by atoms with Crippen LogP contribution < -0.4 is 15.8 Å². The van der Waals surface area contributed by atoms with Crippen LogP contribution in [0.15, 0.2) is 102 Å². The zero-order chi connectivity index (χ0) is 29.9. The average Bonchev–Trinajstić information content (AvgIpc) is 3.68. The van der Waals surface area contributed by atoms with E-state index in [2.05, 4.69) is 11.4 Å². The lowest BCUT2D eigenvalue weighted by Crippen LogP contribution is -2.12. The molecule has 1 amide bonds. The molecule has 0 bridgehead atoms. The fraction of sp³-hybridized carbons (Fsp3) is 0.0571. The van der Waals surface area contributed by atoms with E-state index in [4.69, 9.17) is 15.5 Å². The Morgan fingerprint density at radius 3 is 2.42 bits per heavy atom. The van der Waals surface area contributed by atoms with Gasteiger partial charge in [0.1, 0.15) is 15.5 Å². The number of fused-ring (bicyclic) bond motifs is 1. The highest BCUT2D eigenvalue weighted by Gasteiger charge is 2.22. The van der Waals surface area contributed by atoms with E-state index < -0.39 is 0 Å². The molecule has 0 aliphatic heterocycles. The molecule has 212 valence electrons. The normalized spacial score (nSPS) is 11.2. The number of ether oxygens (including phenoxy) is 1. The van der Waals surface area contributed by atoms with Crippen LogP contribution in [0, 0.1) is 6.92 Å². The average molecular weight is 602 g/mol. The smallest absolute Gasteiger partial charge is 0.267 e. The lowest BCUT2D eigenvalue weighted by molar-refractivity contribution is 0.102. The third-order valence-corrected chi connectivity index (χ3v) is 8.93. The van der Waals surface area contributed by atoms with Gasteiger partial charge in [-0.25, -0.2) is 4.98 Å². The highest BCUT2D eigenvalue weighted by molar-refractivity contribution is 7.21. The fourth-order valence-corrected chi connectivity index (χ4v) is 6.42. The second-order valence-electron chi connectivity index (χ2n) is 9.92. The monoisotopic (exact) mass is 601 g/mol. The van der Waals surface area contributed by atoms with Crippen LogP contribution in [0.5, 0.6) is 5.75 Å². The Hall–Kier alpha value is -5.05. The van der Waals surface area contributed by atoms with Gasteiger partial charge in [-0.1, -0.05) is 35.9 Å². The van der Waals surface area contributed by atoms with Crippen molar-refractivity contribution < 1.29 is 14.3 Å².